The summed E-state index contributed by atoms with van der Waals surface area (Å²) in [5, 5.41) is 22.6. The number of furan rings is 1. The average Bonchev–Trinajstić information content (AvgIpc) is 3.20. The number of halogens is 1. The number of hydrogen-bond acceptors (Lipinski definition) is 6. The summed E-state index contributed by atoms with van der Waals surface area (Å²) in [7, 11) is 0. The van der Waals surface area contributed by atoms with Gasteiger partial charge in [-0.15, -0.1) is 10.2 Å². The fourth-order valence-corrected chi connectivity index (χ4v) is 2.03. The number of carbonyl (C=O) groups excluding carboxylic acids is 1. The van der Waals surface area contributed by atoms with Gasteiger partial charge in [0.15, 0.2) is 0 Å². The molecule has 0 aliphatic rings. The first-order valence-corrected chi connectivity index (χ1v) is 6.63. The number of aromatic amines is 1. The van der Waals surface area contributed by atoms with Gasteiger partial charge in [-0.2, -0.15) is 5.21 Å². The molecule has 0 saturated carbocycles. The van der Waals surface area contributed by atoms with Crippen LogP contribution in [0, 0.1) is 5.82 Å². The summed E-state index contributed by atoms with van der Waals surface area (Å²) in [4.78, 5) is 11.8. The number of benzene rings is 1. The standard InChI is InChI=1S/C15H11FN4O3/c16-10-3-1-9(2-4-10)7-14-11(5-6-23-14)12(21)8-13(22)15-17-19-20-18-15/h1-6,8,21H,7H2,(H,17,18,19,20)/b12-8-. The summed E-state index contributed by atoms with van der Waals surface area (Å²) >= 11 is 0. The second-order valence-electron chi connectivity index (χ2n) is 4.69. The Balaban J connectivity index is 1.82. The number of aromatic nitrogens is 4. The van der Waals surface area contributed by atoms with Crippen molar-refractivity contribution >= 4 is 11.5 Å². The first-order chi connectivity index (χ1) is 11.1. The summed E-state index contributed by atoms with van der Waals surface area (Å²) in [6.07, 6.45) is 2.73. The van der Waals surface area contributed by atoms with Crippen molar-refractivity contribution in [3.8, 4) is 0 Å². The molecule has 2 heterocycles. The lowest BCUT2D eigenvalue weighted by Gasteiger charge is -2.02. The van der Waals surface area contributed by atoms with Crippen LogP contribution in [-0.4, -0.2) is 31.5 Å². The molecule has 0 amide bonds. The second-order valence-corrected chi connectivity index (χ2v) is 4.69. The Bertz CT molecular complexity index is 838. The summed E-state index contributed by atoms with van der Waals surface area (Å²) in [5.74, 6) is -0.899. The molecule has 0 unspecified atom stereocenters. The zero-order chi connectivity index (χ0) is 16.2. The van der Waals surface area contributed by atoms with Crippen LogP contribution in [0.5, 0.6) is 0 Å². The predicted molar refractivity (Wildman–Crippen MR) is 77.0 cm³/mol. The third-order valence-electron chi connectivity index (χ3n) is 3.13. The van der Waals surface area contributed by atoms with Crippen molar-refractivity contribution in [1.29, 1.82) is 0 Å². The van der Waals surface area contributed by atoms with Crippen molar-refractivity contribution in [1.82, 2.24) is 20.6 Å². The lowest BCUT2D eigenvalue weighted by molar-refractivity contribution is 0.103. The molecule has 0 saturated heterocycles. The largest absolute Gasteiger partial charge is 0.507 e. The number of hydrogen-bond donors (Lipinski definition) is 2. The van der Waals surface area contributed by atoms with E-state index in [4.69, 9.17) is 4.42 Å². The molecule has 0 atom stereocenters. The molecule has 0 fully saturated rings. The lowest BCUT2D eigenvalue weighted by atomic mass is 10.1. The number of rotatable bonds is 5. The maximum Gasteiger partial charge on any atom is 0.244 e. The Morgan fingerprint density at radius 1 is 1.30 bits per heavy atom. The Morgan fingerprint density at radius 3 is 2.78 bits per heavy atom. The fourth-order valence-electron chi connectivity index (χ4n) is 2.03. The molecule has 3 aromatic rings. The number of nitrogens with zero attached hydrogens (tertiary/aromatic N) is 3. The van der Waals surface area contributed by atoms with E-state index in [-0.39, 0.29) is 17.4 Å². The van der Waals surface area contributed by atoms with Crippen molar-refractivity contribution in [3.63, 3.8) is 0 Å². The van der Waals surface area contributed by atoms with Crippen molar-refractivity contribution < 1.29 is 18.7 Å². The van der Waals surface area contributed by atoms with E-state index in [9.17, 15) is 14.3 Å². The van der Waals surface area contributed by atoms with Crippen LogP contribution in [0.3, 0.4) is 0 Å². The molecule has 3 rings (SSSR count). The Kier molecular flexibility index (Phi) is 3.96. The molecule has 0 aliphatic carbocycles. The smallest absolute Gasteiger partial charge is 0.244 e. The van der Waals surface area contributed by atoms with E-state index in [0.717, 1.165) is 11.6 Å². The highest BCUT2D eigenvalue weighted by Gasteiger charge is 2.15. The summed E-state index contributed by atoms with van der Waals surface area (Å²) in [6.45, 7) is 0. The first kappa shape index (κ1) is 14.6. The number of carbonyl (C=O) groups is 1. The molecular weight excluding hydrogens is 303 g/mol. The van der Waals surface area contributed by atoms with Gasteiger partial charge in [0, 0.05) is 12.5 Å². The SMILES string of the molecule is O=C(/C=C(\O)c1ccoc1Cc1ccc(F)cc1)c1nn[nH]n1. The van der Waals surface area contributed by atoms with Crippen LogP contribution in [-0.2, 0) is 6.42 Å². The quantitative estimate of drug-likeness (QED) is 0.425. The van der Waals surface area contributed by atoms with Gasteiger partial charge in [-0.1, -0.05) is 12.1 Å². The third kappa shape index (κ3) is 3.31. The van der Waals surface area contributed by atoms with Crippen LogP contribution >= 0.6 is 0 Å². The molecule has 0 aliphatic heterocycles. The zero-order valence-corrected chi connectivity index (χ0v) is 11.7. The number of H-pyrrole nitrogens is 1. The van der Waals surface area contributed by atoms with Gasteiger partial charge >= 0.3 is 0 Å². The monoisotopic (exact) mass is 314 g/mol. The number of nitrogens with one attached hydrogen (secondary N) is 1. The fraction of sp³-hybridized carbons (Fsp3) is 0.0667. The highest BCUT2D eigenvalue weighted by Crippen LogP contribution is 2.22. The van der Waals surface area contributed by atoms with Gasteiger partial charge in [0.2, 0.25) is 11.6 Å². The second kappa shape index (κ2) is 6.22. The Hall–Kier alpha value is -3.29. The van der Waals surface area contributed by atoms with Crippen LogP contribution in [0.2, 0.25) is 0 Å². The highest BCUT2D eigenvalue weighted by molar-refractivity contribution is 6.05. The molecule has 0 spiro atoms. The van der Waals surface area contributed by atoms with Crippen LogP contribution in [0.25, 0.3) is 5.76 Å². The van der Waals surface area contributed by atoms with Gasteiger partial charge in [0.25, 0.3) is 0 Å². The summed E-state index contributed by atoms with van der Waals surface area (Å²) in [5.41, 5.74) is 1.17. The van der Waals surface area contributed by atoms with E-state index in [2.05, 4.69) is 20.6 Å². The molecule has 2 aromatic heterocycles. The zero-order valence-electron chi connectivity index (χ0n) is 11.7. The van der Waals surface area contributed by atoms with E-state index < -0.39 is 5.78 Å². The minimum absolute atomic E-state index is 0.153. The van der Waals surface area contributed by atoms with Crippen molar-refractivity contribution in [3.05, 3.63) is 71.2 Å². The van der Waals surface area contributed by atoms with Crippen LogP contribution in [0.1, 0.15) is 27.5 Å². The number of ketones is 1. The molecule has 0 radical (unpaired) electrons. The average molecular weight is 314 g/mol. The lowest BCUT2D eigenvalue weighted by Crippen LogP contribution is -2.00. The molecule has 23 heavy (non-hydrogen) atoms. The van der Waals surface area contributed by atoms with Crippen LogP contribution < -0.4 is 0 Å². The van der Waals surface area contributed by atoms with Gasteiger partial charge in [0.05, 0.1) is 11.8 Å². The van der Waals surface area contributed by atoms with Crippen molar-refractivity contribution in [2.24, 2.45) is 0 Å². The van der Waals surface area contributed by atoms with Crippen molar-refractivity contribution in [2.45, 2.75) is 6.42 Å². The van der Waals surface area contributed by atoms with Gasteiger partial charge < -0.3 is 9.52 Å². The molecule has 2 N–H and O–H groups in total. The van der Waals surface area contributed by atoms with Gasteiger partial charge in [-0.25, -0.2) is 4.39 Å². The molecule has 0 bridgehead atoms. The van der Waals surface area contributed by atoms with Crippen LogP contribution in [0.15, 0.2) is 47.1 Å². The Morgan fingerprint density at radius 2 is 2.09 bits per heavy atom. The van der Waals surface area contributed by atoms with Crippen LogP contribution in [0.4, 0.5) is 4.39 Å². The predicted octanol–water partition coefficient (Wildman–Crippen LogP) is 2.30. The first-order valence-electron chi connectivity index (χ1n) is 6.63. The van der Waals surface area contributed by atoms with Crippen molar-refractivity contribution in [2.75, 3.05) is 0 Å². The van der Waals surface area contributed by atoms with Gasteiger partial charge in [-0.05, 0) is 29.0 Å². The number of aliphatic hydroxyl groups is 1. The van der Waals surface area contributed by atoms with E-state index in [1.54, 1.807) is 12.1 Å². The van der Waals surface area contributed by atoms with Gasteiger partial charge in [-0.3, -0.25) is 4.79 Å². The maximum absolute atomic E-state index is 12.9. The molecular formula is C15H11FN4O3. The summed E-state index contributed by atoms with van der Waals surface area (Å²) < 4.78 is 18.3. The highest BCUT2D eigenvalue weighted by atomic mass is 19.1. The normalized spacial score (nSPS) is 11.6. The molecule has 8 heteroatoms. The summed E-state index contributed by atoms with van der Waals surface area (Å²) in [6, 6.07) is 7.45. The van der Waals surface area contributed by atoms with E-state index in [0.29, 0.717) is 17.7 Å². The van der Waals surface area contributed by atoms with E-state index in [1.165, 1.54) is 24.5 Å². The minimum Gasteiger partial charge on any atom is -0.507 e. The maximum atomic E-state index is 12.9. The number of aliphatic hydroxyl groups excluding tert-OH is 1. The number of tetrazole rings is 1. The minimum atomic E-state index is -0.592. The Labute approximate surface area is 129 Å². The molecule has 7 nitrogen and oxygen atoms in total. The van der Waals surface area contributed by atoms with E-state index >= 15 is 0 Å². The van der Waals surface area contributed by atoms with Gasteiger partial charge in [0.1, 0.15) is 17.3 Å². The molecule has 1 aromatic carbocycles. The number of allylic oxidation sites excluding steroid dienone is 1. The topological polar surface area (TPSA) is 105 Å². The third-order valence-corrected chi connectivity index (χ3v) is 3.13. The van der Waals surface area contributed by atoms with E-state index in [1.807, 2.05) is 0 Å². The molecule has 116 valence electrons.